The summed E-state index contributed by atoms with van der Waals surface area (Å²) in [5, 5.41) is 0.524. The second kappa shape index (κ2) is 4.74. The lowest BCUT2D eigenvalue weighted by molar-refractivity contribution is 0.578. The predicted octanol–water partition coefficient (Wildman–Crippen LogP) is 3.34. The zero-order valence-corrected chi connectivity index (χ0v) is 10.0. The van der Waals surface area contributed by atoms with Crippen LogP contribution in [-0.4, -0.2) is 9.97 Å². The van der Waals surface area contributed by atoms with Crippen LogP contribution in [0.15, 0.2) is 0 Å². The van der Waals surface area contributed by atoms with Gasteiger partial charge in [-0.25, -0.2) is 4.98 Å². The van der Waals surface area contributed by atoms with Crippen molar-refractivity contribution in [1.82, 2.24) is 9.97 Å². The van der Waals surface area contributed by atoms with E-state index in [2.05, 4.69) is 23.8 Å². The molecule has 14 heavy (non-hydrogen) atoms. The smallest absolute Gasteiger partial charge is 0.150 e. The van der Waals surface area contributed by atoms with Crippen molar-refractivity contribution in [2.45, 2.75) is 40.5 Å². The minimum Gasteiger partial charge on any atom is -0.253 e. The van der Waals surface area contributed by atoms with Gasteiger partial charge in [0.15, 0.2) is 5.15 Å². The molecule has 0 aromatic carbocycles. The van der Waals surface area contributed by atoms with E-state index in [0.29, 0.717) is 11.1 Å². The van der Waals surface area contributed by atoms with Crippen LogP contribution < -0.4 is 0 Å². The lowest BCUT2D eigenvalue weighted by atomic mass is 10.1. The van der Waals surface area contributed by atoms with E-state index in [1.54, 1.807) is 0 Å². The van der Waals surface area contributed by atoms with Crippen LogP contribution in [0.4, 0.5) is 0 Å². The van der Waals surface area contributed by atoms with Gasteiger partial charge < -0.3 is 0 Å². The molecule has 0 bridgehead atoms. The molecule has 0 fully saturated rings. The minimum absolute atomic E-state index is 0.524. The normalized spacial score (nSPS) is 11.0. The van der Waals surface area contributed by atoms with Gasteiger partial charge in [0.1, 0.15) is 0 Å². The van der Waals surface area contributed by atoms with Gasteiger partial charge >= 0.3 is 0 Å². The lowest BCUT2D eigenvalue weighted by Gasteiger charge is -2.08. The molecule has 1 aromatic rings. The quantitative estimate of drug-likeness (QED) is 0.768. The third-order valence-corrected chi connectivity index (χ3v) is 2.60. The van der Waals surface area contributed by atoms with E-state index in [0.717, 1.165) is 29.9 Å². The summed E-state index contributed by atoms with van der Waals surface area (Å²) in [6.07, 6.45) is 2.14. The number of hydrogen-bond donors (Lipinski definition) is 0. The van der Waals surface area contributed by atoms with E-state index in [-0.39, 0.29) is 0 Å². The van der Waals surface area contributed by atoms with Crippen molar-refractivity contribution in [3.8, 4) is 0 Å². The number of halogens is 1. The van der Waals surface area contributed by atoms with E-state index >= 15 is 0 Å². The third kappa shape index (κ3) is 2.95. The molecule has 0 radical (unpaired) electrons. The van der Waals surface area contributed by atoms with Crippen LogP contribution in [-0.2, 0) is 6.42 Å². The average Bonchev–Trinajstić information content (AvgIpc) is 2.09. The monoisotopic (exact) mass is 212 g/mol. The first kappa shape index (κ1) is 11.4. The van der Waals surface area contributed by atoms with Crippen molar-refractivity contribution >= 4 is 11.6 Å². The van der Waals surface area contributed by atoms with Gasteiger partial charge in [-0.05, 0) is 32.6 Å². The molecule has 1 heterocycles. The number of aryl methyl sites for hydroxylation is 3. The maximum Gasteiger partial charge on any atom is 0.150 e. The Hall–Kier alpha value is -0.630. The van der Waals surface area contributed by atoms with Crippen molar-refractivity contribution in [3.05, 3.63) is 22.2 Å². The van der Waals surface area contributed by atoms with Crippen LogP contribution in [0.2, 0.25) is 5.15 Å². The summed E-state index contributed by atoms with van der Waals surface area (Å²) in [6.45, 7) is 8.29. The second-order valence-electron chi connectivity index (χ2n) is 4.06. The Morgan fingerprint density at radius 2 is 1.79 bits per heavy atom. The summed E-state index contributed by atoms with van der Waals surface area (Å²) in [6, 6.07) is 0. The molecule has 0 atom stereocenters. The molecule has 0 aliphatic rings. The molecule has 0 spiro atoms. The molecule has 0 saturated heterocycles. The van der Waals surface area contributed by atoms with Gasteiger partial charge in [-0.3, -0.25) is 4.98 Å². The van der Waals surface area contributed by atoms with E-state index < -0.39 is 0 Å². The standard InChI is InChI=1S/C11H17ClN2/c1-7(2)5-6-10-8(3)14-11(12)9(4)13-10/h7H,5-6H2,1-4H3. The first-order valence-corrected chi connectivity index (χ1v) is 5.38. The maximum atomic E-state index is 5.88. The Labute approximate surface area is 90.7 Å². The van der Waals surface area contributed by atoms with E-state index in [1.807, 2.05) is 13.8 Å². The average molecular weight is 213 g/mol. The molecule has 3 heteroatoms. The lowest BCUT2D eigenvalue weighted by Crippen LogP contribution is -2.02. The summed E-state index contributed by atoms with van der Waals surface area (Å²) < 4.78 is 0. The topological polar surface area (TPSA) is 25.8 Å². The fourth-order valence-corrected chi connectivity index (χ4v) is 1.45. The largest absolute Gasteiger partial charge is 0.253 e. The molecule has 0 saturated carbocycles. The van der Waals surface area contributed by atoms with Gasteiger partial charge in [-0.15, -0.1) is 0 Å². The molecular weight excluding hydrogens is 196 g/mol. The van der Waals surface area contributed by atoms with Crippen LogP contribution in [0.5, 0.6) is 0 Å². The molecule has 0 aliphatic carbocycles. The highest BCUT2D eigenvalue weighted by molar-refractivity contribution is 6.29. The SMILES string of the molecule is Cc1nc(CCC(C)C)c(C)nc1Cl. The number of hydrogen-bond acceptors (Lipinski definition) is 2. The fraction of sp³-hybridized carbons (Fsp3) is 0.636. The van der Waals surface area contributed by atoms with Gasteiger partial charge in [0.05, 0.1) is 17.1 Å². The zero-order valence-electron chi connectivity index (χ0n) is 9.26. The number of nitrogens with zero attached hydrogens (tertiary/aromatic N) is 2. The predicted molar refractivity (Wildman–Crippen MR) is 59.7 cm³/mol. The zero-order chi connectivity index (χ0) is 10.7. The highest BCUT2D eigenvalue weighted by Gasteiger charge is 2.06. The van der Waals surface area contributed by atoms with Crippen LogP contribution in [0.25, 0.3) is 0 Å². The number of rotatable bonds is 3. The van der Waals surface area contributed by atoms with Crippen molar-refractivity contribution in [2.24, 2.45) is 5.92 Å². The highest BCUT2D eigenvalue weighted by Crippen LogP contribution is 2.15. The van der Waals surface area contributed by atoms with Gasteiger partial charge in [0.2, 0.25) is 0 Å². The van der Waals surface area contributed by atoms with E-state index in [1.165, 1.54) is 0 Å². The van der Waals surface area contributed by atoms with Gasteiger partial charge in [0.25, 0.3) is 0 Å². The van der Waals surface area contributed by atoms with Crippen molar-refractivity contribution in [3.63, 3.8) is 0 Å². The fourth-order valence-electron chi connectivity index (χ4n) is 1.28. The summed E-state index contributed by atoms with van der Waals surface area (Å²) in [4.78, 5) is 8.70. The molecule has 0 unspecified atom stereocenters. The van der Waals surface area contributed by atoms with Crippen LogP contribution >= 0.6 is 11.6 Å². The van der Waals surface area contributed by atoms with Gasteiger partial charge in [-0.1, -0.05) is 25.4 Å². The Kier molecular flexibility index (Phi) is 3.87. The highest BCUT2D eigenvalue weighted by atomic mass is 35.5. The second-order valence-corrected chi connectivity index (χ2v) is 4.42. The molecule has 1 rings (SSSR count). The Balaban J connectivity index is 2.82. The summed E-state index contributed by atoms with van der Waals surface area (Å²) >= 11 is 5.88. The Morgan fingerprint density at radius 3 is 2.36 bits per heavy atom. The van der Waals surface area contributed by atoms with Gasteiger partial charge in [-0.2, -0.15) is 0 Å². The summed E-state index contributed by atoms with van der Waals surface area (Å²) in [7, 11) is 0. The minimum atomic E-state index is 0.524. The van der Waals surface area contributed by atoms with Crippen molar-refractivity contribution < 1.29 is 0 Å². The molecule has 2 nitrogen and oxygen atoms in total. The molecule has 0 amide bonds. The summed E-state index contributed by atoms with van der Waals surface area (Å²) in [5.41, 5.74) is 2.87. The third-order valence-electron chi connectivity index (χ3n) is 2.24. The Morgan fingerprint density at radius 1 is 1.14 bits per heavy atom. The van der Waals surface area contributed by atoms with Crippen LogP contribution in [0.1, 0.15) is 37.4 Å². The first-order valence-electron chi connectivity index (χ1n) is 5.00. The maximum absolute atomic E-state index is 5.88. The van der Waals surface area contributed by atoms with Crippen LogP contribution in [0.3, 0.4) is 0 Å². The molecular formula is C11H17ClN2. The molecule has 1 aromatic heterocycles. The van der Waals surface area contributed by atoms with Crippen LogP contribution in [0, 0.1) is 19.8 Å². The van der Waals surface area contributed by atoms with E-state index in [9.17, 15) is 0 Å². The number of aromatic nitrogens is 2. The first-order chi connectivity index (χ1) is 6.50. The summed E-state index contributed by atoms with van der Waals surface area (Å²) in [5.74, 6) is 0.701. The Bertz CT molecular complexity index is 321. The van der Waals surface area contributed by atoms with Gasteiger partial charge in [0, 0.05) is 0 Å². The molecule has 0 N–H and O–H groups in total. The van der Waals surface area contributed by atoms with Crippen molar-refractivity contribution in [1.29, 1.82) is 0 Å². The van der Waals surface area contributed by atoms with Crippen molar-refractivity contribution in [2.75, 3.05) is 0 Å². The molecule has 78 valence electrons. The molecule has 0 aliphatic heterocycles. The van der Waals surface area contributed by atoms with E-state index in [4.69, 9.17) is 11.6 Å².